The van der Waals surface area contributed by atoms with E-state index in [2.05, 4.69) is 35.2 Å². The number of methoxy groups -OCH3 is 1. The summed E-state index contributed by atoms with van der Waals surface area (Å²) in [4.78, 5) is 11.6. The number of nitrogens with one attached hydrogen (secondary N) is 1. The predicted molar refractivity (Wildman–Crippen MR) is 66.4 cm³/mol. The number of benzene rings is 1. The lowest BCUT2D eigenvalue weighted by atomic mass is 10.00. The fraction of sp³-hybridized carbons (Fsp3) is 0.364. The molecule has 0 aromatic heterocycles. The minimum Gasteiger partial charge on any atom is -0.495 e. The topological polar surface area (TPSA) is 64.3 Å². The lowest BCUT2D eigenvalue weighted by Gasteiger charge is -2.13. The predicted octanol–water partition coefficient (Wildman–Crippen LogP) is 2.18. The van der Waals surface area contributed by atoms with Gasteiger partial charge in [-0.1, -0.05) is 13.8 Å². The molecule has 0 fully saturated rings. The Morgan fingerprint density at radius 3 is 2.56 bits per heavy atom. The zero-order valence-electron chi connectivity index (χ0n) is 9.50. The van der Waals surface area contributed by atoms with Gasteiger partial charge in [-0.25, -0.2) is 5.84 Å². The van der Waals surface area contributed by atoms with Crippen molar-refractivity contribution >= 4 is 21.8 Å². The number of nitrogen functional groups attached to an aromatic ring is 1. The van der Waals surface area contributed by atoms with Gasteiger partial charge >= 0.3 is 0 Å². The number of hydrazine groups is 1. The third-order valence-electron chi connectivity index (χ3n) is 2.31. The van der Waals surface area contributed by atoms with Gasteiger partial charge < -0.3 is 4.74 Å². The second kappa shape index (κ2) is 5.32. The van der Waals surface area contributed by atoms with Gasteiger partial charge in [-0.05, 0) is 39.5 Å². The molecule has 0 aliphatic rings. The average molecular weight is 287 g/mol. The van der Waals surface area contributed by atoms with E-state index in [0.29, 0.717) is 17.2 Å². The summed E-state index contributed by atoms with van der Waals surface area (Å²) in [6.07, 6.45) is 0. The van der Waals surface area contributed by atoms with Gasteiger partial charge in [0.25, 0.3) is 5.91 Å². The fourth-order valence-corrected chi connectivity index (χ4v) is 2.04. The number of carbonyl (C=O) groups is 1. The van der Waals surface area contributed by atoms with Gasteiger partial charge in [-0.2, -0.15) is 0 Å². The maximum Gasteiger partial charge on any atom is 0.268 e. The first kappa shape index (κ1) is 13.0. The summed E-state index contributed by atoms with van der Waals surface area (Å²) in [7, 11) is 1.52. The van der Waals surface area contributed by atoms with E-state index in [1.54, 1.807) is 6.07 Å². The summed E-state index contributed by atoms with van der Waals surface area (Å²) in [6.45, 7) is 4.11. The standard InChI is InChI=1S/C11H15BrN2O2/c1-6(2)7-4-8(11(15)14-13)10(16-3)9(12)5-7/h4-6H,13H2,1-3H3,(H,14,15). The van der Waals surface area contributed by atoms with Crippen molar-refractivity contribution < 1.29 is 9.53 Å². The Balaban J connectivity index is 3.36. The normalized spacial score (nSPS) is 10.4. The Bertz CT molecular complexity index is 405. The molecule has 1 aromatic carbocycles. The first-order valence-electron chi connectivity index (χ1n) is 4.89. The van der Waals surface area contributed by atoms with Crippen LogP contribution >= 0.6 is 15.9 Å². The van der Waals surface area contributed by atoms with Crippen LogP contribution in [0.15, 0.2) is 16.6 Å². The fourth-order valence-electron chi connectivity index (χ4n) is 1.40. The van der Waals surface area contributed by atoms with Crippen molar-refractivity contribution in [3.05, 3.63) is 27.7 Å². The number of ether oxygens (including phenoxy) is 1. The SMILES string of the molecule is COc1c(Br)cc(C(C)C)cc1C(=O)NN. The Hall–Kier alpha value is -1.07. The quantitative estimate of drug-likeness (QED) is 0.509. The molecular weight excluding hydrogens is 272 g/mol. The maximum absolute atomic E-state index is 11.6. The van der Waals surface area contributed by atoms with Crippen molar-refractivity contribution in [2.24, 2.45) is 5.84 Å². The summed E-state index contributed by atoms with van der Waals surface area (Å²) in [6, 6.07) is 3.73. The zero-order valence-corrected chi connectivity index (χ0v) is 11.1. The second-order valence-electron chi connectivity index (χ2n) is 3.71. The first-order valence-corrected chi connectivity index (χ1v) is 5.69. The Morgan fingerprint density at radius 2 is 2.12 bits per heavy atom. The monoisotopic (exact) mass is 286 g/mol. The number of nitrogens with two attached hydrogens (primary N) is 1. The van der Waals surface area contributed by atoms with Crippen LogP contribution in [0.2, 0.25) is 0 Å². The van der Waals surface area contributed by atoms with E-state index in [-0.39, 0.29) is 5.91 Å². The van der Waals surface area contributed by atoms with E-state index < -0.39 is 0 Å². The molecule has 5 heteroatoms. The molecule has 4 nitrogen and oxygen atoms in total. The Labute approximate surface area is 103 Å². The lowest BCUT2D eigenvalue weighted by Crippen LogP contribution is -2.30. The van der Waals surface area contributed by atoms with Gasteiger partial charge in [0.2, 0.25) is 0 Å². The van der Waals surface area contributed by atoms with E-state index in [9.17, 15) is 4.79 Å². The molecule has 0 saturated heterocycles. The number of carbonyl (C=O) groups excluding carboxylic acids is 1. The third kappa shape index (κ3) is 2.54. The van der Waals surface area contributed by atoms with Crippen LogP contribution in [0.25, 0.3) is 0 Å². The van der Waals surface area contributed by atoms with Crippen LogP contribution < -0.4 is 16.0 Å². The average Bonchev–Trinajstić information content (AvgIpc) is 2.26. The molecule has 1 rings (SSSR count). The molecular formula is C11H15BrN2O2. The van der Waals surface area contributed by atoms with Gasteiger partial charge in [0, 0.05) is 0 Å². The Morgan fingerprint density at radius 1 is 1.50 bits per heavy atom. The first-order chi connectivity index (χ1) is 7.51. The molecule has 88 valence electrons. The highest BCUT2D eigenvalue weighted by molar-refractivity contribution is 9.10. The minimum atomic E-state index is -0.361. The highest BCUT2D eigenvalue weighted by atomic mass is 79.9. The van der Waals surface area contributed by atoms with Crippen LogP contribution in [0.3, 0.4) is 0 Å². The molecule has 0 aliphatic carbocycles. The summed E-state index contributed by atoms with van der Waals surface area (Å²) in [5, 5.41) is 0. The number of rotatable bonds is 3. The second-order valence-corrected chi connectivity index (χ2v) is 4.57. The zero-order chi connectivity index (χ0) is 12.3. The van der Waals surface area contributed by atoms with Gasteiger partial charge in [0.1, 0.15) is 5.75 Å². The number of hydrogen-bond acceptors (Lipinski definition) is 3. The third-order valence-corrected chi connectivity index (χ3v) is 2.90. The molecule has 0 spiro atoms. The lowest BCUT2D eigenvalue weighted by molar-refractivity contribution is 0.0950. The summed E-state index contributed by atoms with van der Waals surface area (Å²) in [5.41, 5.74) is 3.59. The summed E-state index contributed by atoms with van der Waals surface area (Å²) < 4.78 is 5.92. The van der Waals surface area contributed by atoms with Crippen LogP contribution in [-0.4, -0.2) is 13.0 Å². The van der Waals surface area contributed by atoms with Gasteiger partial charge in [-0.3, -0.25) is 10.2 Å². The largest absolute Gasteiger partial charge is 0.495 e. The number of amides is 1. The van der Waals surface area contributed by atoms with Crippen molar-refractivity contribution in [2.45, 2.75) is 19.8 Å². The molecule has 1 amide bonds. The molecule has 1 aromatic rings. The van der Waals surface area contributed by atoms with Crippen molar-refractivity contribution in [1.82, 2.24) is 5.43 Å². The highest BCUT2D eigenvalue weighted by Gasteiger charge is 2.16. The molecule has 0 bridgehead atoms. The molecule has 16 heavy (non-hydrogen) atoms. The van der Waals surface area contributed by atoms with Crippen molar-refractivity contribution in [3.63, 3.8) is 0 Å². The molecule has 0 aliphatic heterocycles. The van der Waals surface area contributed by atoms with Crippen molar-refractivity contribution in [1.29, 1.82) is 0 Å². The minimum absolute atomic E-state index is 0.325. The van der Waals surface area contributed by atoms with Crippen LogP contribution in [0.4, 0.5) is 0 Å². The Kier molecular flexibility index (Phi) is 4.32. The van der Waals surface area contributed by atoms with Crippen LogP contribution in [0.1, 0.15) is 35.7 Å². The number of halogens is 1. The smallest absolute Gasteiger partial charge is 0.268 e. The van der Waals surface area contributed by atoms with E-state index in [4.69, 9.17) is 10.6 Å². The van der Waals surface area contributed by atoms with Gasteiger partial charge in [-0.15, -0.1) is 0 Å². The van der Waals surface area contributed by atoms with Gasteiger partial charge in [0.05, 0.1) is 17.1 Å². The van der Waals surface area contributed by atoms with E-state index >= 15 is 0 Å². The molecule has 0 heterocycles. The number of hydrogen-bond donors (Lipinski definition) is 2. The van der Waals surface area contributed by atoms with E-state index in [1.165, 1.54) is 7.11 Å². The van der Waals surface area contributed by atoms with Crippen molar-refractivity contribution in [2.75, 3.05) is 7.11 Å². The van der Waals surface area contributed by atoms with E-state index in [1.807, 2.05) is 6.07 Å². The molecule has 0 saturated carbocycles. The summed E-state index contributed by atoms with van der Waals surface area (Å²) >= 11 is 3.38. The van der Waals surface area contributed by atoms with Crippen LogP contribution in [0.5, 0.6) is 5.75 Å². The maximum atomic E-state index is 11.6. The van der Waals surface area contributed by atoms with E-state index in [0.717, 1.165) is 10.0 Å². The van der Waals surface area contributed by atoms with Crippen LogP contribution in [-0.2, 0) is 0 Å². The molecule has 0 atom stereocenters. The molecule has 3 N–H and O–H groups in total. The summed E-state index contributed by atoms with van der Waals surface area (Å²) in [5.74, 6) is 5.59. The molecule has 0 unspecified atom stereocenters. The molecule has 0 radical (unpaired) electrons. The van der Waals surface area contributed by atoms with Crippen molar-refractivity contribution in [3.8, 4) is 5.75 Å². The van der Waals surface area contributed by atoms with Gasteiger partial charge in [0.15, 0.2) is 0 Å². The highest BCUT2D eigenvalue weighted by Crippen LogP contribution is 2.32. The van der Waals surface area contributed by atoms with Crippen LogP contribution in [0, 0.1) is 0 Å².